The first-order valence-electron chi connectivity index (χ1n) is 8.56. The highest BCUT2D eigenvalue weighted by atomic mass is 32.1. The Morgan fingerprint density at radius 1 is 1.26 bits per heavy atom. The van der Waals surface area contributed by atoms with Crippen LogP contribution < -0.4 is 10.9 Å². The van der Waals surface area contributed by atoms with Crippen LogP contribution in [0.1, 0.15) is 26.1 Å². The topological polar surface area (TPSA) is 93.0 Å². The zero-order chi connectivity index (χ0) is 18.8. The predicted octanol–water partition coefficient (Wildman–Crippen LogP) is 1.44. The maximum absolute atomic E-state index is 12.3. The molecule has 0 saturated heterocycles. The van der Waals surface area contributed by atoms with Gasteiger partial charge in [-0.15, -0.1) is 10.2 Å². The molecule has 0 unspecified atom stereocenters. The number of aryl methyl sites for hydroxylation is 1. The van der Waals surface area contributed by atoms with Gasteiger partial charge >= 0.3 is 0 Å². The lowest BCUT2D eigenvalue weighted by atomic mass is 10.1. The molecule has 27 heavy (non-hydrogen) atoms. The number of hydrogen-bond donors (Lipinski definition) is 1. The molecule has 1 amide bonds. The average Bonchev–Trinajstić information content (AvgIpc) is 3.12. The van der Waals surface area contributed by atoms with Gasteiger partial charge in [-0.2, -0.15) is 5.10 Å². The molecule has 0 radical (unpaired) electrons. The fourth-order valence-electron chi connectivity index (χ4n) is 2.99. The van der Waals surface area contributed by atoms with Crippen LogP contribution in [0.5, 0.6) is 0 Å². The minimum absolute atomic E-state index is 0.105. The monoisotopic (exact) mass is 382 g/mol. The summed E-state index contributed by atoms with van der Waals surface area (Å²) in [6.45, 7) is 2.05. The van der Waals surface area contributed by atoms with Gasteiger partial charge in [0.25, 0.3) is 11.5 Å². The quantitative estimate of drug-likeness (QED) is 0.734. The van der Waals surface area contributed by atoms with Crippen molar-refractivity contribution in [3.05, 3.63) is 68.0 Å². The third kappa shape index (κ3) is 3.93. The third-order valence-corrected chi connectivity index (χ3v) is 5.28. The maximum Gasteiger partial charge on any atom is 0.286 e. The lowest BCUT2D eigenvalue weighted by Gasteiger charge is -2.26. The number of amides is 1. The molecule has 3 heterocycles. The fraction of sp³-hybridized carbons (Fsp3) is 0.278. The molecule has 1 aromatic carbocycles. The lowest BCUT2D eigenvalue weighted by Crippen LogP contribution is -2.33. The molecule has 3 aromatic rings. The summed E-state index contributed by atoms with van der Waals surface area (Å²) in [6.07, 6.45) is 0.781. The van der Waals surface area contributed by atoms with Crippen molar-refractivity contribution in [2.24, 2.45) is 7.05 Å². The molecule has 0 atom stereocenters. The van der Waals surface area contributed by atoms with Gasteiger partial charge in [0.05, 0.1) is 12.2 Å². The van der Waals surface area contributed by atoms with E-state index in [9.17, 15) is 9.59 Å². The van der Waals surface area contributed by atoms with Crippen molar-refractivity contribution in [3.63, 3.8) is 0 Å². The fourth-order valence-corrected chi connectivity index (χ4v) is 3.77. The SMILES string of the molecule is Cn1nc2c(cc1=O)CN(Cc1nnc(C(=O)Nc3ccccc3)s1)CC2. The van der Waals surface area contributed by atoms with Crippen molar-refractivity contribution in [1.29, 1.82) is 0 Å². The van der Waals surface area contributed by atoms with E-state index in [2.05, 4.69) is 25.5 Å². The lowest BCUT2D eigenvalue weighted by molar-refractivity contribution is 0.102. The third-order valence-electron chi connectivity index (χ3n) is 4.37. The Kier molecular flexibility index (Phi) is 4.78. The number of benzene rings is 1. The Labute approximate surface area is 159 Å². The van der Waals surface area contributed by atoms with Gasteiger partial charge in [-0.1, -0.05) is 29.5 Å². The first-order valence-corrected chi connectivity index (χ1v) is 9.37. The minimum atomic E-state index is -0.262. The van der Waals surface area contributed by atoms with Crippen molar-refractivity contribution in [2.45, 2.75) is 19.5 Å². The first-order chi connectivity index (χ1) is 13.1. The number of rotatable bonds is 4. The number of carbonyl (C=O) groups excluding carboxylic acids is 1. The molecular weight excluding hydrogens is 364 g/mol. The van der Waals surface area contributed by atoms with Gasteiger partial charge in [0.1, 0.15) is 5.01 Å². The second-order valence-corrected chi connectivity index (χ2v) is 7.42. The van der Waals surface area contributed by atoms with Gasteiger partial charge in [0.2, 0.25) is 5.01 Å². The van der Waals surface area contributed by atoms with E-state index in [1.54, 1.807) is 13.1 Å². The molecule has 0 spiro atoms. The van der Waals surface area contributed by atoms with E-state index >= 15 is 0 Å². The van der Waals surface area contributed by atoms with E-state index in [0.717, 1.165) is 34.9 Å². The molecule has 0 fully saturated rings. The first kappa shape index (κ1) is 17.5. The van der Waals surface area contributed by atoms with Crippen molar-refractivity contribution >= 4 is 22.9 Å². The summed E-state index contributed by atoms with van der Waals surface area (Å²) >= 11 is 1.28. The summed E-state index contributed by atoms with van der Waals surface area (Å²) in [5.74, 6) is -0.262. The highest BCUT2D eigenvalue weighted by Gasteiger charge is 2.21. The summed E-state index contributed by atoms with van der Waals surface area (Å²) in [7, 11) is 1.66. The molecule has 1 N–H and O–H groups in total. The number of aromatic nitrogens is 4. The summed E-state index contributed by atoms with van der Waals surface area (Å²) < 4.78 is 1.37. The molecular formula is C18H18N6O2S. The van der Waals surface area contributed by atoms with Crippen molar-refractivity contribution in [2.75, 3.05) is 11.9 Å². The van der Waals surface area contributed by atoms with Crippen molar-refractivity contribution in [1.82, 2.24) is 24.9 Å². The molecule has 8 nitrogen and oxygen atoms in total. The summed E-state index contributed by atoms with van der Waals surface area (Å²) in [6, 6.07) is 10.9. The summed E-state index contributed by atoms with van der Waals surface area (Å²) in [5, 5.41) is 16.4. The van der Waals surface area contributed by atoms with E-state index < -0.39 is 0 Å². The van der Waals surface area contributed by atoms with E-state index in [1.165, 1.54) is 16.0 Å². The Hall–Kier alpha value is -2.91. The number of anilines is 1. The molecule has 4 rings (SSSR count). The van der Waals surface area contributed by atoms with Gasteiger partial charge in [-0.25, -0.2) is 4.68 Å². The van der Waals surface area contributed by atoms with Crippen LogP contribution in [0.25, 0.3) is 0 Å². The number of nitrogens with zero attached hydrogens (tertiary/aromatic N) is 5. The highest BCUT2D eigenvalue weighted by molar-refractivity contribution is 7.13. The molecule has 2 aromatic heterocycles. The predicted molar refractivity (Wildman–Crippen MR) is 102 cm³/mol. The minimum Gasteiger partial charge on any atom is -0.320 e. The second-order valence-electron chi connectivity index (χ2n) is 6.36. The maximum atomic E-state index is 12.3. The van der Waals surface area contributed by atoms with E-state index in [-0.39, 0.29) is 11.5 Å². The molecule has 9 heteroatoms. The van der Waals surface area contributed by atoms with Gasteiger partial charge in [0, 0.05) is 38.3 Å². The van der Waals surface area contributed by atoms with Gasteiger partial charge in [0.15, 0.2) is 0 Å². The molecule has 1 aliphatic heterocycles. The zero-order valence-electron chi connectivity index (χ0n) is 14.8. The normalized spacial score (nSPS) is 14.0. The van der Waals surface area contributed by atoms with Crippen LogP contribution in [-0.4, -0.2) is 37.3 Å². The van der Waals surface area contributed by atoms with Gasteiger partial charge in [-0.05, 0) is 17.7 Å². The van der Waals surface area contributed by atoms with Gasteiger partial charge in [-0.3, -0.25) is 14.5 Å². The smallest absolute Gasteiger partial charge is 0.286 e. The van der Waals surface area contributed by atoms with Crippen LogP contribution in [0.15, 0.2) is 41.2 Å². The highest BCUT2D eigenvalue weighted by Crippen LogP contribution is 2.20. The van der Waals surface area contributed by atoms with Crippen LogP contribution in [-0.2, 0) is 26.6 Å². The summed E-state index contributed by atoms with van der Waals surface area (Å²) in [4.78, 5) is 26.3. The van der Waals surface area contributed by atoms with E-state index in [0.29, 0.717) is 18.1 Å². The Morgan fingerprint density at radius 3 is 2.89 bits per heavy atom. The van der Waals surface area contributed by atoms with Crippen molar-refractivity contribution < 1.29 is 4.79 Å². The van der Waals surface area contributed by atoms with Crippen LogP contribution in [0.3, 0.4) is 0 Å². The average molecular weight is 382 g/mol. The number of hydrogen-bond acceptors (Lipinski definition) is 7. The molecule has 0 saturated carbocycles. The second kappa shape index (κ2) is 7.37. The summed E-state index contributed by atoms with van der Waals surface area (Å²) in [5.41, 5.74) is 2.54. The van der Waals surface area contributed by atoms with Crippen LogP contribution >= 0.6 is 11.3 Å². The molecule has 138 valence electrons. The number of fused-ring (bicyclic) bond motifs is 1. The van der Waals surface area contributed by atoms with Crippen LogP contribution in [0, 0.1) is 0 Å². The molecule has 0 bridgehead atoms. The standard InChI is InChI=1S/C18H18N6O2S/c1-23-16(25)9-12-10-24(8-7-14(12)22-23)11-15-20-21-18(27-15)17(26)19-13-5-3-2-4-6-13/h2-6,9H,7-8,10-11H2,1H3,(H,19,26). The van der Waals surface area contributed by atoms with E-state index in [1.807, 2.05) is 30.3 Å². The number of para-hydroxylation sites is 1. The zero-order valence-corrected chi connectivity index (χ0v) is 15.6. The van der Waals surface area contributed by atoms with E-state index in [4.69, 9.17) is 0 Å². The Bertz CT molecular complexity index is 1030. The number of nitrogens with one attached hydrogen (secondary N) is 1. The Morgan fingerprint density at radius 2 is 2.07 bits per heavy atom. The molecule has 0 aliphatic carbocycles. The van der Waals surface area contributed by atoms with Crippen LogP contribution in [0.4, 0.5) is 5.69 Å². The van der Waals surface area contributed by atoms with Crippen molar-refractivity contribution in [3.8, 4) is 0 Å². The van der Waals surface area contributed by atoms with Gasteiger partial charge < -0.3 is 5.32 Å². The van der Waals surface area contributed by atoms with Crippen LogP contribution in [0.2, 0.25) is 0 Å². The largest absolute Gasteiger partial charge is 0.320 e. The molecule has 1 aliphatic rings. The Balaban J connectivity index is 1.41. The number of carbonyl (C=O) groups is 1.